The molecule has 0 unspecified atom stereocenters. The van der Waals surface area contributed by atoms with Crippen molar-refractivity contribution >= 4 is 36.0 Å². The highest BCUT2D eigenvalue weighted by Crippen LogP contribution is 2.34. The maximum absolute atomic E-state index is 11.8. The van der Waals surface area contributed by atoms with Gasteiger partial charge in [-0.3, -0.25) is 4.99 Å². The van der Waals surface area contributed by atoms with Gasteiger partial charge in [-0.15, -0.1) is 24.0 Å². The molecule has 0 atom stereocenters. The maximum atomic E-state index is 11.8. The number of rotatable bonds is 7. The van der Waals surface area contributed by atoms with Crippen LogP contribution in [0.1, 0.15) is 25.3 Å². The van der Waals surface area contributed by atoms with Gasteiger partial charge in [-0.05, 0) is 25.8 Å². The number of likely N-dealkylation sites (tertiary alicyclic amines) is 1. The van der Waals surface area contributed by atoms with Crippen molar-refractivity contribution in [2.45, 2.75) is 32.4 Å². The third-order valence-electron chi connectivity index (χ3n) is 4.82. The number of nitrogens with one attached hydrogen (secondary N) is 2. The SMILES string of the molecule is CCOC(=O)N1CCC(NC(=NC)NCc2cc(OC)c(OC)cc2OC)CC1.I. The van der Waals surface area contributed by atoms with E-state index in [0.29, 0.717) is 49.4 Å². The Balaban J connectivity index is 0.00000450. The summed E-state index contributed by atoms with van der Waals surface area (Å²) in [6, 6.07) is 3.92. The number of aliphatic imine (C=N–C) groups is 1. The molecule has 30 heavy (non-hydrogen) atoms. The summed E-state index contributed by atoms with van der Waals surface area (Å²) in [5, 5.41) is 6.73. The summed E-state index contributed by atoms with van der Waals surface area (Å²) in [6.45, 7) is 4.04. The summed E-state index contributed by atoms with van der Waals surface area (Å²) in [4.78, 5) is 17.9. The van der Waals surface area contributed by atoms with Gasteiger partial charge in [-0.1, -0.05) is 0 Å². The molecule has 1 aromatic carbocycles. The third kappa shape index (κ3) is 6.99. The highest BCUT2D eigenvalue weighted by atomic mass is 127. The lowest BCUT2D eigenvalue weighted by Crippen LogP contribution is -2.49. The van der Waals surface area contributed by atoms with Gasteiger partial charge in [0.1, 0.15) is 5.75 Å². The van der Waals surface area contributed by atoms with E-state index in [9.17, 15) is 4.79 Å². The predicted octanol–water partition coefficient (Wildman–Crippen LogP) is 2.62. The minimum Gasteiger partial charge on any atom is -0.496 e. The normalized spacial score (nSPS) is 14.4. The van der Waals surface area contributed by atoms with Gasteiger partial charge in [0.15, 0.2) is 17.5 Å². The molecule has 0 bridgehead atoms. The quantitative estimate of drug-likeness (QED) is 0.315. The van der Waals surface area contributed by atoms with Crippen LogP contribution in [-0.2, 0) is 11.3 Å². The molecular formula is C20H33IN4O5. The lowest BCUT2D eigenvalue weighted by molar-refractivity contribution is 0.0963. The number of carbonyl (C=O) groups is 1. The number of benzene rings is 1. The number of amides is 1. The van der Waals surface area contributed by atoms with Gasteiger partial charge >= 0.3 is 6.09 Å². The molecule has 0 aliphatic carbocycles. The zero-order valence-corrected chi connectivity index (χ0v) is 20.6. The second kappa shape index (κ2) is 13.2. The molecule has 0 saturated carbocycles. The minimum atomic E-state index is -0.242. The predicted molar refractivity (Wildman–Crippen MR) is 126 cm³/mol. The van der Waals surface area contributed by atoms with Crippen molar-refractivity contribution < 1.29 is 23.7 Å². The number of carbonyl (C=O) groups excluding carboxylic acids is 1. The molecule has 2 N–H and O–H groups in total. The smallest absolute Gasteiger partial charge is 0.409 e. The van der Waals surface area contributed by atoms with Crippen molar-refractivity contribution in [3.05, 3.63) is 17.7 Å². The van der Waals surface area contributed by atoms with Crippen LogP contribution in [-0.4, -0.2) is 71.1 Å². The molecule has 1 fully saturated rings. The molecule has 2 rings (SSSR count). The largest absolute Gasteiger partial charge is 0.496 e. The Labute approximate surface area is 195 Å². The highest BCUT2D eigenvalue weighted by molar-refractivity contribution is 14.0. The topological polar surface area (TPSA) is 93.7 Å². The van der Waals surface area contributed by atoms with E-state index < -0.39 is 0 Å². The van der Waals surface area contributed by atoms with Crippen LogP contribution >= 0.6 is 24.0 Å². The molecule has 10 heteroatoms. The zero-order chi connectivity index (χ0) is 21.2. The number of methoxy groups -OCH3 is 3. The molecule has 0 spiro atoms. The lowest BCUT2D eigenvalue weighted by Gasteiger charge is -2.32. The summed E-state index contributed by atoms with van der Waals surface area (Å²) in [5.41, 5.74) is 0.922. The first-order valence-electron chi connectivity index (χ1n) is 9.74. The van der Waals surface area contributed by atoms with Crippen LogP contribution < -0.4 is 24.8 Å². The van der Waals surface area contributed by atoms with Gasteiger partial charge < -0.3 is 34.5 Å². The first-order chi connectivity index (χ1) is 14.1. The fourth-order valence-corrected chi connectivity index (χ4v) is 3.22. The molecule has 0 radical (unpaired) electrons. The minimum absolute atomic E-state index is 0. The van der Waals surface area contributed by atoms with Crippen molar-refractivity contribution in [2.75, 3.05) is 48.1 Å². The second-order valence-corrected chi connectivity index (χ2v) is 6.55. The van der Waals surface area contributed by atoms with E-state index in [2.05, 4.69) is 15.6 Å². The number of nitrogens with zero attached hydrogens (tertiary/aromatic N) is 2. The van der Waals surface area contributed by atoms with E-state index in [-0.39, 0.29) is 36.1 Å². The number of ether oxygens (including phenoxy) is 4. The summed E-state index contributed by atoms with van der Waals surface area (Å²) in [7, 11) is 6.54. The molecule has 1 aliphatic heterocycles. The Morgan fingerprint density at radius 1 is 1.10 bits per heavy atom. The van der Waals surface area contributed by atoms with Gasteiger partial charge in [0, 0.05) is 44.4 Å². The van der Waals surface area contributed by atoms with E-state index >= 15 is 0 Å². The van der Waals surface area contributed by atoms with Crippen LogP contribution in [0, 0.1) is 0 Å². The lowest BCUT2D eigenvalue weighted by atomic mass is 10.1. The number of piperidine rings is 1. The second-order valence-electron chi connectivity index (χ2n) is 6.55. The van der Waals surface area contributed by atoms with Crippen molar-refractivity contribution in [3.63, 3.8) is 0 Å². The average molecular weight is 536 g/mol. The number of hydrogen-bond acceptors (Lipinski definition) is 6. The molecule has 1 aliphatic rings. The number of hydrogen-bond donors (Lipinski definition) is 2. The molecule has 1 saturated heterocycles. The third-order valence-corrected chi connectivity index (χ3v) is 4.82. The molecule has 1 aromatic rings. The van der Waals surface area contributed by atoms with Crippen molar-refractivity contribution in [1.82, 2.24) is 15.5 Å². The summed E-state index contributed by atoms with van der Waals surface area (Å²) in [6.07, 6.45) is 1.42. The first kappa shape index (κ1) is 25.9. The number of halogens is 1. The Kier molecular flexibility index (Phi) is 11.4. The van der Waals surface area contributed by atoms with Gasteiger partial charge in [0.05, 0.1) is 27.9 Å². The number of guanidine groups is 1. The first-order valence-corrected chi connectivity index (χ1v) is 9.74. The fraction of sp³-hybridized carbons (Fsp3) is 0.600. The Bertz CT molecular complexity index is 709. The van der Waals surface area contributed by atoms with Crippen LogP contribution in [0.25, 0.3) is 0 Å². The standard InChI is InChI=1S/C20H32N4O5.HI/c1-6-29-20(25)24-9-7-15(8-10-24)23-19(21-2)22-13-14-11-17(27-4)18(28-5)12-16(14)26-3;/h11-12,15H,6-10,13H2,1-5H3,(H2,21,22,23);1H. The van der Waals surface area contributed by atoms with E-state index in [4.69, 9.17) is 18.9 Å². The molecule has 170 valence electrons. The average Bonchev–Trinajstić information content (AvgIpc) is 2.76. The van der Waals surface area contributed by atoms with Crippen molar-refractivity contribution in [2.24, 2.45) is 4.99 Å². The van der Waals surface area contributed by atoms with Crippen LogP contribution in [0.3, 0.4) is 0 Å². The Morgan fingerprint density at radius 3 is 2.23 bits per heavy atom. The molecule has 0 aromatic heterocycles. The van der Waals surface area contributed by atoms with Crippen LogP contribution in [0.15, 0.2) is 17.1 Å². The van der Waals surface area contributed by atoms with Crippen LogP contribution in [0.4, 0.5) is 4.79 Å². The summed E-state index contributed by atoms with van der Waals surface area (Å²) in [5.74, 6) is 2.65. The maximum Gasteiger partial charge on any atom is 0.409 e. The van der Waals surface area contributed by atoms with Crippen LogP contribution in [0.2, 0.25) is 0 Å². The molecule has 1 heterocycles. The van der Waals surface area contributed by atoms with E-state index in [1.807, 2.05) is 13.0 Å². The molecule has 1 amide bonds. The van der Waals surface area contributed by atoms with Gasteiger partial charge in [-0.25, -0.2) is 4.79 Å². The molecule has 9 nitrogen and oxygen atoms in total. The van der Waals surface area contributed by atoms with Crippen LogP contribution in [0.5, 0.6) is 17.2 Å². The van der Waals surface area contributed by atoms with Gasteiger partial charge in [0.2, 0.25) is 0 Å². The van der Waals surface area contributed by atoms with Gasteiger partial charge in [-0.2, -0.15) is 0 Å². The van der Waals surface area contributed by atoms with E-state index in [1.165, 1.54) is 0 Å². The monoisotopic (exact) mass is 536 g/mol. The van der Waals surface area contributed by atoms with Crippen molar-refractivity contribution in [3.8, 4) is 17.2 Å². The van der Waals surface area contributed by atoms with Crippen molar-refractivity contribution in [1.29, 1.82) is 0 Å². The van der Waals surface area contributed by atoms with E-state index in [1.54, 1.807) is 39.3 Å². The summed E-state index contributed by atoms with van der Waals surface area (Å²) >= 11 is 0. The molecular weight excluding hydrogens is 503 g/mol. The Morgan fingerprint density at radius 2 is 1.70 bits per heavy atom. The Hall–Kier alpha value is -2.11. The highest BCUT2D eigenvalue weighted by Gasteiger charge is 2.24. The fourth-order valence-electron chi connectivity index (χ4n) is 3.22. The van der Waals surface area contributed by atoms with E-state index in [0.717, 1.165) is 18.4 Å². The zero-order valence-electron chi connectivity index (χ0n) is 18.3. The summed E-state index contributed by atoms with van der Waals surface area (Å²) < 4.78 is 21.2. The van der Waals surface area contributed by atoms with Gasteiger partial charge in [0.25, 0.3) is 0 Å².